The number of aromatic nitrogens is 4. The molecule has 14 heavy (non-hydrogen) atoms. The maximum Gasteiger partial charge on any atom is 0.200 e. The highest BCUT2D eigenvalue weighted by molar-refractivity contribution is 7.71. The first kappa shape index (κ1) is 9.10. The van der Waals surface area contributed by atoms with Crippen LogP contribution in [0.4, 0.5) is 5.95 Å². The van der Waals surface area contributed by atoms with Crippen LogP contribution >= 0.6 is 12.2 Å². The fraction of sp³-hybridized carbons (Fsp3) is 0.286. The minimum atomic E-state index is -0.205. The highest BCUT2D eigenvalue weighted by Crippen LogP contribution is 2.14. The summed E-state index contributed by atoms with van der Waals surface area (Å²) in [7, 11) is 0. The number of hydrogen-bond acceptors (Lipinski definition) is 5. The monoisotopic (exact) mass is 210 g/mol. The Morgan fingerprint density at radius 3 is 3.00 bits per heavy atom. The Morgan fingerprint density at radius 1 is 1.64 bits per heavy atom. The zero-order valence-corrected chi connectivity index (χ0v) is 8.38. The van der Waals surface area contributed by atoms with E-state index in [0.29, 0.717) is 15.8 Å². The van der Waals surface area contributed by atoms with Gasteiger partial charge in [0.2, 0.25) is 5.95 Å². The number of hydrogen-bond donors (Lipinski definition) is 3. The minimum Gasteiger partial charge on any atom is -0.369 e. The van der Waals surface area contributed by atoms with E-state index in [0.717, 1.165) is 0 Å². The molecule has 2 rings (SSSR count). The van der Waals surface area contributed by atoms with Crippen LogP contribution in [0.25, 0.3) is 11.2 Å². The smallest absolute Gasteiger partial charge is 0.200 e. The molecule has 74 valence electrons. The summed E-state index contributed by atoms with van der Waals surface area (Å²) in [5.41, 5.74) is 12.5. The van der Waals surface area contributed by atoms with Gasteiger partial charge in [-0.15, -0.1) is 0 Å². The van der Waals surface area contributed by atoms with Crippen LogP contribution < -0.4 is 11.5 Å². The molecule has 0 aliphatic rings. The Labute approximate surface area is 85.0 Å². The van der Waals surface area contributed by atoms with Crippen molar-refractivity contribution < 1.29 is 0 Å². The van der Waals surface area contributed by atoms with Crippen LogP contribution in [0.3, 0.4) is 0 Å². The average molecular weight is 210 g/mol. The molecule has 0 fully saturated rings. The second kappa shape index (κ2) is 3.03. The van der Waals surface area contributed by atoms with Crippen LogP contribution in [0.15, 0.2) is 6.33 Å². The second-order valence-electron chi connectivity index (χ2n) is 3.02. The number of anilines is 1. The Bertz CT molecular complexity index is 524. The second-order valence-corrected chi connectivity index (χ2v) is 3.42. The van der Waals surface area contributed by atoms with Crippen molar-refractivity contribution in [2.75, 3.05) is 5.73 Å². The third kappa shape index (κ3) is 1.26. The van der Waals surface area contributed by atoms with Gasteiger partial charge in [-0.2, -0.15) is 4.98 Å². The third-order valence-electron chi connectivity index (χ3n) is 1.89. The number of nitrogens with zero attached hydrogens (tertiary/aromatic N) is 3. The Hall–Kier alpha value is -1.47. The number of nitrogens with two attached hydrogens (primary N) is 2. The standard InChI is InChI=1S/C7H10N6S/c1-3(8)13-2-10-4-5(13)11-7(9)12-6(4)14/h2-3H,8H2,1H3,(H3,9,11,12,14). The molecule has 6 nitrogen and oxygen atoms in total. The number of rotatable bonds is 1. The molecule has 2 aromatic rings. The van der Waals surface area contributed by atoms with Gasteiger partial charge in [0.15, 0.2) is 5.65 Å². The molecule has 0 bridgehead atoms. The summed E-state index contributed by atoms with van der Waals surface area (Å²) in [5, 5.41) is 0. The molecule has 0 aliphatic carbocycles. The van der Waals surface area contributed by atoms with Crippen LogP contribution in [0.5, 0.6) is 0 Å². The first-order chi connectivity index (χ1) is 6.59. The van der Waals surface area contributed by atoms with E-state index in [-0.39, 0.29) is 12.1 Å². The molecule has 1 unspecified atom stereocenters. The number of imidazole rings is 1. The van der Waals surface area contributed by atoms with Crippen molar-refractivity contribution in [3.63, 3.8) is 0 Å². The van der Waals surface area contributed by atoms with E-state index < -0.39 is 0 Å². The van der Waals surface area contributed by atoms with Crippen LogP contribution in [0.2, 0.25) is 0 Å². The van der Waals surface area contributed by atoms with E-state index in [1.165, 1.54) is 0 Å². The zero-order chi connectivity index (χ0) is 10.3. The summed E-state index contributed by atoms with van der Waals surface area (Å²) in [6.07, 6.45) is 1.40. The number of fused-ring (bicyclic) bond motifs is 1. The average Bonchev–Trinajstić information content (AvgIpc) is 2.47. The van der Waals surface area contributed by atoms with Crippen molar-refractivity contribution in [2.45, 2.75) is 13.1 Å². The van der Waals surface area contributed by atoms with Crippen molar-refractivity contribution in [1.82, 2.24) is 19.5 Å². The van der Waals surface area contributed by atoms with Crippen molar-refractivity contribution in [3.8, 4) is 0 Å². The first-order valence-electron chi connectivity index (χ1n) is 4.07. The van der Waals surface area contributed by atoms with Crippen LogP contribution in [-0.4, -0.2) is 19.5 Å². The fourth-order valence-electron chi connectivity index (χ4n) is 1.24. The number of aromatic amines is 1. The Kier molecular flexibility index (Phi) is 1.97. The van der Waals surface area contributed by atoms with E-state index in [1.807, 2.05) is 6.92 Å². The molecule has 5 N–H and O–H groups in total. The number of nitrogens with one attached hydrogen (secondary N) is 1. The molecular weight excluding hydrogens is 200 g/mol. The predicted octanol–water partition coefficient (Wildman–Crippen LogP) is 0.548. The van der Waals surface area contributed by atoms with Crippen LogP contribution in [0, 0.1) is 4.64 Å². The van der Waals surface area contributed by atoms with Crippen molar-refractivity contribution in [1.29, 1.82) is 0 Å². The summed E-state index contributed by atoms with van der Waals surface area (Å²) < 4.78 is 2.20. The molecular formula is C7H10N6S. The molecule has 2 heterocycles. The lowest BCUT2D eigenvalue weighted by molar-refractivity contribution is 0.583. The van der Waals surface area contributed by atoms with Gasteiger partial charge in [-0.05, 0) is 6.92 Å². The van der Waals surface area contributed by atoms with Gasteiger partial charge in [0.25, 0.3) is 0 Å². The third-order valence-corrected chi connectivity index (χ3v) is 2.18. The minimum absolute atomic E-state index is 0.205. The van der Waals surface area contributed by atoms with Gasteiger partial charge in [0.05, 0.1) is 12.5 Å². The molecule has 0 amide bonds. The largest absolute Gasteiger partial charge is 0.369 e. The SMILES string of the molecule is CC(N)n1cnc2c(=S)[nH]c(N)nc21. The summed E-state index contributed by atoms with van der Waals surface area (Å²) in [5.74, 6) is 0.268. The maximum atomic E-state index is 5.72. The zero-order valence-electron chi connectivity index (χ0n) is 7.56. The molecule has 0 saturated heterocycles. The predicted molar refractivity (Wildman–Crippen MR) is 56.0 cm³/mol. The molecule has 0 radical (unpaired) electrons. The van der Waals surface area contributed by atoms with E-state index in [4.69, 9.17) is 23.7 Å². The van der Waals surface area contributed by atoms with Gasteiger partial charge < -0.3 is 16.5 Å². The Morgan fingerprint density at radius 2 is 2.36 bits per heavy atom. The normalized spacial score (nSPS) is 13.3. The van der Waals surface area contributed by atoms with E-state index >= 15 is 0 Å². The molecule has 2 aromatic heterocycles. The lowest BCUT2D eigenvalue weighted by atomic mass is 10.5. The van der Waals surface area contributed by atoms with E-state index in [2.05, 4.69) is 15.0 Å². The Balaban J connectivity index is 2.85. The van der Waals surface area contributed by atoms with Gasteiger partial charge in [-0.1, -0.05) is 12.2 Å². The van der Waals surface area contributed by atoms with Gasteiger partial charge in [0.1, 0.15) is 10.2 Å². The molecule has 1 atom stereocenters. The van der Waals surface area contributed by atoms with Gasteiger partial charge in [0, 0.05) is 0 Å². The van der Waals surface area contributed by atoms with Crippen molar-refractivity contribution in [3.05, 3.63) is 11.0 Å². The summed E-state index contributed by atoms with van der Waals surface area (Å²) >= 11 is 5.05. The summed E-state index contributed by atoms with van der Waals surface area (Å²) in [6.45, 7) is 1.83. The quantitative estimate of drug-likeness (QED) is 0.597. The highest BCUT2D eigenvalue weighted by Gasteiger charge is 2.08. The lowest BCUT2D eigenvalue weighted by Gasteiger charge is -2.06. The number of H-pyrrole nitrogens is 1. The van der Waals surface area contributed by atoms with Crippen LogP contribution in [-0.2, 0) is 0 Å². The fourth-order valence-corrected chi connectivity index (χ4v) is 1.49. The van der Waals surface area contributed by atoms with Crippen molar-refractivity contribution in [2.24, 2.45) is 5.73 Å². The molecule has 0 spiro atoms. The molecule has 0 aromatic carbocycles. The van der Waals surface area contributed by atoms with Crippen LogP contribution in [0.1, 0.15) is 13.1 Å². The first-order valence-corrected chi connectivity index (χ1v) is 4.48. The number of nitrogen functional groups attached to an aromatic ring is 1. The van der Waals surface area contributed by atoms with Gasteiger partial charge >= 0.3 is 0 Å². The van der Waals surface area contributed by atoms with Crippen molar-refractivity contribution >= 4 is 29.3 Å². The molecule has 0 aliphatic heterocycles. The topological polar surface area (TPSA) is 98.5 Å². The van der Waals surface area contributed by atoms with Gasteiger partial charge in [-0.25, -0.2) is 4.98 Å². The lowest BCUT2D eigenvalue weighted by Crippen LogP contribution is -2.14. The molecule has 0 saturated carbocycles. The van der Waals surface area contributed by atoms with E-state index in [1.54, 1.807) is 10.9 Å². The van der Waals surface area contributed by atoms with E-state index in [9.17, 15) is 0 Å². The summed E-state index contributed by atoms with van der Waals surface area (Å²) in [6, 6.07) is 0. The maximum absolute atomic E-state index is 5.72. The summed E-state index contributed by atoms with van der Waals surface area (Å²) in [4.78, 5) is 10.9. The molecule has 7 heteroatoms. The highest BCUT2D eigenvalue weighted by atomic mass is 32.1. The van der Waals surface area contributed by atoms with Gasteiger partial charge in [-0.3, -0.25) is 4.57 Å².